The van der Waals surface area contributed by atoms with Crippen LogP contribution in [0, 0.1) is 5.92 Å². The Morgan fingerprint density at radius 1 is 0.784 bits per heavy atom. The van der Waals surface area contributed by atoms with Crippen LogP contribution in [-0.4, -0.2) is 23.3 Å². The summed E-state index contributed by atoms with van der Waals surface area (Å²) >= 11 is 0. The Hall–Kier alpha value is -4.38. The van der Waals surface area contributed by atoms with E-state index in [2.05, 4.69) is 24.5 Å². The molecule has 0 fully saturated rings. The van der Waals surface area contributed by atoms with Crippen molar-refractivity contribution in [2.45, 2.75) is 26.1 Å². The van der Waals surface area contributed by atoms with Gasteiger partial charge in [-0.2, -0.15) is 0 Å². The SMILES string of the molecule is CC(C)CN1C(=O)c2ccccc2C1Nc1ccc(C(=O)NC(c2ccccc2)c2ccccc2)cc1. The second kappa shape index (κ2) is 10.7. The van der Waals surface area contributed by atoms with Crippen LogP contribution in [0.15, 0.2) is 109 Å². The highest BCUT2D eigenvalue weighted by molar-refractivity contribution is 5.99. The zero-order chi connectivity index (χ0) is 25.8. The lowest BCUT2D eigenvalue weighted by molar-refractivity contribution is 0.0720. The van der Waals surface area contributed by atoms with Crippen LogP contribution >= 0.6 is 0 Å². The number of carbonyl (C=O) groups is 2. The van der Waals surface area contributed by atoms with Crippen LogP contribution in [0.4, 0.5) is 5.69 Å². The molecule has 1 heterocycles. The number of hydrogen-bond acceptors (Lipinski definition) is 3. The van der Waals surface area contributed by atoms with Gasteiger partial charge in [-0.15, -0.1) is 0 Å². The molecule has 4 aromatic rings. The first-order chi connectivity index (χ1) is 18.0. The van der Waals surface area contributed by atoms with E-state index in [0.29, 0.717) is 18.0 Å². The minimum atomic E-state index is -0.252. The summed E-state index contributed by atoms with van der Waals surface area (Å²) in [5, 5.41) is 6.71. The lowest BCUT2D eigenvalue weighted by Crippen LogP contribution is -2.35. The summed E-state index contributed by atoms with van der Waals surface area (Å²) in [6.45, 7) is 4.88. The Morgan fingerprint density at radius 2 is 1.35 bits per heavy atom. The number of amides is 2. The van der Waals surface area contributed by atoms with Gasteiger partial charge >= 0.3 is 0 Å². The maximum atomic E-state index is 13.3. The third-order valence-corrected chi connectivity index (χ3v) is 6.61. The molecule has 0 saturated carbocycles. The molecule has 0 radical (unpaired) electrons. The standard InChI is InChI=1S/C32H31N3O2/c1-22(2)21-35-30(27-15-9-10-16-28(27)32(35)37)33-26-19-17-25(18-20-26)31(36)34-29(23-11-5-3-6-12-23)24-13-7-4-8-14-24/h3-20,22,29-30,33H,21H2,1-2H3,(H,34,36). The van der Waals surface area contributed by atoms with Crippen LogP contribution in [0.5, 0.6) is 0 Å². The molecule has 2 amide bonds. The lowest BCUT2D eigenvalue weighted by atomic mass is 9.98. The second-order valence-electron chi connectivity index (χ2n) is 9.79. The van der Waals surface area contributed by atoms with Gasteiger partial charge < -0.3 is 15.5 Å². The molecule has 37 heavy (non-hydrogen) atoms. The van der Waals surface area contributed by atoms with Crippen LogP contribution in [0.3, 0.4) is 0 Å². The Balaban J connectivity index is 1.34. The van der Waals surface area contributed by atoms with Gasteiger partial charge in [-0.25, -0.2) is 0 Å². The van der Waals surface area contributed by atoms with Crippen LogP contribution in [0.25, 0.3) is 0 Å². The van der Waals surface area contributed by atoms with Crippen molar-refractivity contribution in [1.29, 1.82) is 0 Å². The van der Waals surface area contributed by atoms with Crippen molar-refractivity contribution in [3.05, 3.63) is 137 Å². The van der Waals surface area contributed by atoms with Gasteiger partial charge in [0.1, 0.15) is 6.17 Å². The number of rotatable bonds is 8. The van der Waals surface area contributed by atoms with Gasteiger partial charge in [-0.3, -0.25) is 9.59 Å². The van der Waals surface area contributed by atoms with E-state index in [-0.39, 0.29) is 24.0 Å². The highest BCUT2D eigenvalue weighted by atomic mass is 16.2. The van der Waals surface area contributed by atoms with E-state index < -0.39 is 0 Å². The summed E-state index contributed by atoms with van der Waals surface area (Å²) in [6.07, 6.45) is -0.244. The summed E-state index contributed by atoms with van der Waals surface area (Å²) in [5.41, 5.74) is 5.19. The van der Waals surface area contributed by atoms with E-state index in [1.54, 1.807) is 0 Å². The minimum absolute atomic E-state index is 0.0469. The molecule has 0 aromatic heterocycles. The number of hydrogen-bond donors (Lipinski definition) is 2. The Kier molecular flexibility index (Phi) is 7.04. The first-order valence-electron chi connectivity index (χ1n) is 12.7. The fourth-order valence-electron chi connectivity index (χ4n) is 4.85. The quantitative estimate of drug-likeness (QED) is 0.300. The lowest BCUT2D eigenvalue weighted by Gasteiger charge is -2.28. The largest absolute Gasteiger partial charge is 0.361 e. The van der Waals surface area contributed by atoms with Crippen molar-refractivity contribution in [3.8, 4) is 0 Å². The van der Waals surface area contributed by atoms with Crippen LogP contribution in [0.2, 0.25) is 0 Å². The molecule has 5 heteroatoms. The molecule has 1 aliphatic rings. The van der Waals surface area contributed by atoms with Gasteiger partial charge in [-0.1, -0.05) is 92.7 Å². The Bertz CT molecular complexity index is 1330. The molecule has 0 bridgehead atoms. The fourth-order valence-corrected chi connectivity index (χ4v) is 4.85. The summed E-state index contributed by atoms with van der Waals surface area (Å²) in [5.74, 6) is 0.244. The molecule has 2 N–H and O–H groups in total. The molecule has 1 atom stereocenters. The van der Waals surface area contributed by atoms with E-state index in [1.165, 1.54) is 0 Å². The maximum absolute atomic E-state index is 13.3. The number of nitrogens with zero attached hydrogens (tertiary/aromatic N) is 1. The monoisotopic (exact) mass is 489 g/mol. The third kappa shape index (κ3) is 5.26. The van der Waals surface area contributed by atoms with Crippen LogP contribution in [-0.2, 0) is 0 Å². The van der Waals surface area contributed by atoms with Crippen LogP contribution in [0.1, 0.15) is 63.5 Å². The van der Waals surface area contributed by atoms with E-state index in [1.807, 2.05) is 114 Å². The molecule has 1 aliphatic heterocycles. The number of anilines is 1. The number of nitrogens with one attached hydrogen (secondary N) is 2. The molecular weight excluding hydrogens is 458 g/mol. The van der Waals surface area contributed by atoms with Gasteiger partial charge in [0, 0.05) is 28.9 Å². The average molecular weight is 490 g/mol. The number of carbonyl (C=O) groups excluding carboxylic acids is 2. The van der Waals surface area contributed by atoms with Crippen LogP contribution < -0.4 is 10.6 Å². The number of fused-ring (bicyclic) bond motifs is 1. The highest BCUT2D eigenvalue weighted by Gasteiger charge is 2.36. The maximum Gasteiger partial charge on any atom is 0.256 e. The Labute approximate surface area is 218 Å². The fraction of sp³-hybridized carbons (Fsp3) is 0.188. The molecule has 0 spiro atoms. The van der Waals surface area contributed by atoms with Crippen molar-refractivity contribution < 1.29 is 9.59 Å². The summed E-state index contributed by atoms with van der Waals surface area (Å²) in [6, 6.07) is 34.9. The normalized spacial score (nSPS) is 14.6. The molecule has 0 aliphatic carbocycles. The molecule has 5 rings (SSSR count). The first kappa shape index (κ1) is 24.3. The predicted molar refractivity (Wildman–Crippen MR) is 147 cm³/mol. The van der Waals surface area contributed by atoms with Gasteiger partial charge in [0.2, 0.25) is 0 Å². The topological polar surface area (TPSA) is 61.4 Å². The van der Waals surface area contributed by atoms with Gasteiger partial charge in [0.05, 0.1) is 6.04 Å². The third-order valence-electron chi connectivity index (χ3n) is 6.61. The van der Waals surface area contributed by atoms with E-state index in [9.17, 15) is 9.59 Å². The average Bonchev–Trinajstić information content (AvgIpc) is 3.18. The van der Waals surface area contributed by atoms with E-state index >= 15 is 0 Å². The smallest absolute Gasteiger partial charge is 0.256 e. The molecule has 1 unspecified atom stereocenters. The molecule has 5 nitrogen and oxygen atoms in total. The van der Waals surface area contributed by atoms with E-state index in [4.69, 9.17) is 0 Å². The van der Waals surface area contributed by atoms with Crippen molar-refractivity contribution >= 4 is 17.5 Å². The summed E-state index contributed by atoms with van der Waals surface area (Å²) < 4.78 is 0. The zero-order valence-corrected chi connectivity index (χ0v) is 21.1. The molecule has 186 valence electrons. The second-order valence-corrected chi connectivity index (χ2v) is 9.79. The van der Waals surface area contributed by atoms with Gasteiger partial charge in [0.15, 0.2) is 0 Å². The number of benzene rings is 4. The molecular formula is C32H31N3O2. The zero-order valence-electron chi connectivity index (χ0n) is 21.1. The van der Waals surface area contributed by atoms with Crippen molar-refractivity contribution in [3.63, 3.8) is 0 Å². The molecule has 0 saturated heterocycles. The van der Waals surface area contributed by atoms with Gasteiger partial charge in [0.25, 0.3) is 11.8 Å². The molecule has 4 aromatic carbocycles. The van der Waals surface area contributed by atoms with Crippen molar-refractivity contribution in [1.82, 2.24) is 10.2 Å². The van der Waals surface area contributed by atoms with Crippen molar-refractivity contribution in [2.75, 3.05) is 11.9 Å². The van der Waals surface area contributed by atoms with E-state index in [0.717, 1.165) is 27.9 Å². The first-order valence-corrected chi connectivity index (χ1v) is 12.7. The van der Waals surface area contributed by atoms with Crippen molar-refractivity contribution in [2.24, 2.45) is 5.92 Å². The minimum Gasteiger partial charge on any atom is -0.361 e. The highest BCUT2D eigenvalue weighted by Crippen LogP contribution is 2.35. The summed E-state index contributed by atoms with van der Waals surface area (Å²) in [7, 11) is 0. The predicted octanol–water partition coefficient (Wildman–Crippen LogP) is 6.43. The Morgan fingerprint density at radius 3 is 1.95 bits per heavy atom. The summed E-state index contributed by atoms with van der Waals surface area (Å²) in [4.78, 5) is 28.2. The van der Waals surface area contributed by atoms with Gasteiger partial charge in [-0.05, 0) is 47.4 Å².